The molecule has 0 atom stereocenters. The number of rotatable bonds is 5. The zero-order valence-corrected chi connectivity index (χ0v) is 10.3. The molecule has 0 N–H and O–H groups in total. The molecular formula is C11H20BrN. The second-order valence-electron chi connectivity index (χ2n) is 4.05. The Labute approximate surface area is 90.3 Å². The highest BCUT2D eigenvalue weighted by atomic mass is 79.9. The van der Waals surface area contributed by atoms with E-state index >= 15 is 0 Å². The first-order chi connectivity index (χ1) is 6.24. The number of hydrogen-bond donors (Lipinski definition) is 0. The molecule has 0 aromatic rings. The van der Waals surface area contributed by atoms with Crippen LogP contribution in [0, 0.1) is 0 Å². The van der Waals surface area contributed by atoms with Crippen molar-refractivity contribution in [3.63, 3.8) is 0 Å². The van der Waals surface area contributed by atoms with Crippen LogP contribution in [0.5, 0.6) is 0 Å². The Kier molecular flexibility index (Phi) is 5.04. The lowest BCUT2D eigenvalue weighted by Crippen LogP contribution is -2.41. The molecule has 1 aliphatic carbocycles. The van der Waals surface area contributed by atoms with Crippen LogP contribution < -0.4 is 0 Å². The molecule has 0 saturated heterocycles. The van der Waals surface area contributed by atoms with Gasteiger partial charge in [-0.3, -0.25) is 4.90 Å². The second kappa shape index (κ2) is 5.82. The number of alkyl halides is 1. The second-order valence-corrected chi connectivity index (χ2v) is 4.84. The number of allylic oxidation sites excluding steroid dienone is 1. The Morgan fingerprint density at radius 3 is 2.54 bits per heavy atom. The molecule has 1 aliphatic rings. The van der Waals surface area contributed by atoms with E-state index in [9.17, 15) is 0 Å². The van der Waals surface area contributed by atoms with Gasteiger partial charge in [-0.25, -0.2) is 0 Å². The number of halogens is 1. The lowest BCUT2D eigenvalue weighted by atomic mass is 9.91. The molecule has 0 spiro atoms. The Bertz CT molecular complexity index is 169. The van der Waals surface area contributed by atoms with Crippen LogP contribution in [0.25, 0.3) is 0 Å². The molecule has 1 saturated carbocycles. The largest absolute Gasteiger partial charge is 0.296 e. The van der Waals surface area contributed by atoms with Gasteiger partial charge < -0.3 is 0 Å². The lowest BCUT2D eigenvalue weighted by Gasteiger charge is -2.36. The van der Waals surface area contributed by atoms with Crippen LogP contribution in [0.2, 0.25) is 0 Å². The van der Waals surface area contributed by atoms with E-state index in [0.29, 0.717) is 0 Å². The molecule has 0 amide bonds. The van der Waals surface area contributed by atoms with Gasteiger partial charge in [0.05, 0.1) is 0 Å². The molecule has 76 valence electrons. The molecule has 0 unspecified atom stereocenters. The molecule has 0 radical (unpaired) electrons. The van der Waals surface area contributed by atoms with Crippen LogP contribution in [0.3, 0.4) is 0 Å². The van der Waals surface area contributed by atoms with Crippen LogP contribution >= 0.6 is 15.9 Å². The van der Waals surface area contributed by atoms with E-state index in [1.54, 1.807) is 0 Å². The van der Waals surface area contributed by atoms with Crippen molar-refractivity contribution in [3.8, 4) is 0 Å². The van der Waals surface area contributed by atoms with Crippen molar-refractivity contribution in [2.24, 2.45) is 0 Å². The Morgan fingerprint density at radius 2 is 2.15 bits per heavy atom. The molecule has 1 nitrogen and oxygen atoms in total. The quantitative estimate of drug-likeness (QED) is 0.532. The standard InChI is InChI=1S/C11H20BrN/c1-10(2)6-8-13(9-7-12)11-4-3-5-11/h6,11H,3-5,7-9H2,1-2H3. The molecule has 0 aliphatic heterocycles. The normalized spacial score (nSPS) is 17.2. The molecule has 0 bridgehead atoms. The van der Waals surface area contributed by atoms with Crippen LogP contribution in [0.1, 0.15) is 33.1 Å². The van der Waals surface area contributed by atoms with E-state index in [0.717, 1.165) is 17.9 Å². The average molecular weight is 246 g/mol. The molecular weight excluding hydrogens is 226 g/mol. The van der Waals surface area contributed by atoms with E-state index in [4.69, 9.17) is 0 Å². The molecule has 1 fully saturated rings. The Balaban J connectivity index is 2.32. The summed E-state index contributed by atoms with van der Waals surface area (Å²) in [7, 11) is 0. The van der Waals surface area contributed by atoms with Crippen molar-refractivity contribution in [2.75, 3.05) is 18.4 Å². The maximum Gasteiger partial charge on any atom is 0.0168 e. The maximum absolute atomic E-state index is 3.52. The molecule has 1 rings (SSSR count). The highest BCUT2D eigenvalue weighted by molar-refractivity contribution is 9.09. The minimum absolute atomic E-state index is 0.869. The summed E-state index contributed by atoms with van der Waals surface area (Å²) in [5.41, 5.74) is 1.43. The Hall–Kier alpha value is 0.180. The summed E-state index contributed by atoms with van der Waals surface area (Å²) in [4.78, 5) is 2.59. The lowest BCUT2D eigenvalue weighted by molar-refractivity contribution is 0.150. The van der Waals surface area contributed by atoms with Gasteiger partial charge in [-0.2, -0.15) is 0 Å². The van der Waals surface area contributed by atoms with Gasteiger partial charge in [-0.1, -0.05) is 34.0 Å². The summed E-state index contributed by atoms with van der Waals surface area (Å²) in [6, 6.07) is 0.869. The zero-order chi connectivity index (χ0) is 9.68. The van der Waals surface area contributed by atoms with Gasteiger partial charge in [0.2, 0.25) is 0 Å². The van der Waals surface area contributed by atoms with Crippen molar-refractivity contribution in [2.45, 2.75) is 39.2 Å². The number of nitrogens with zero attached hydrogens (tertiary/aromatic N) is 1. The van der Waals surface area contributed by atoms with Gasteiger partial charge in [0, 0.05) is 24.5 Å². The van der Waals surface area contributed by atoms with Crippen LogP contribution in [0.15, 0.2) is 11.6 Å². The first-order valence-electron chi connectivity index (χ1n) is 5.17. The fourth-order valence-electron chi connectivity index (χ4n) is 1.58. The maximum atomic E-state index is 3.52. The van der Waals surface area contributed by atoms with Gasteiger partial charge >= 0.3 is 0 Å². The summed E-state index contributed by atoms with van der Waals surface area (Å²) in [5.74, 6) is 0. The average Bonchev–Trinajstić information content (AvgIpc) is 1.97. The van der Waals surface area contributed by atoms with Gasteiger partial charge in [0.15, 0.2) is 0 Å². The van der Waals surface area contributed by atoms with Gasteiger partial charge in [0.25, 0.3) is 0 Å². The van der Waals surface area contributed by atoms with E-state index in [-0.39, 0.29) is 0 Å². The molecule has 2 heteroatoms. The van der Waals surface area contributed by atoms with Crippen molar-refractivity contribution in [1.29, 1.82) is 0 Å². The zero-order valence-electron chi connectivity index (χ0n) is 8.72. The smallest absolute Gasteiger partial charge is 0.0168 e. The van der Waals surface area contributed by atoms with Crippen molar-refractivity contribution in [3.05, 3.63) is 11.6 Å². The number of hydrogen-bond acceptors (Lipinski definition) is 1. The highest BCUT2D eigenvalue weighted by Crippen LogP contribution is 2.24. The van der Waals surface area contributed by atoms with E-state index < -0.39 is 0 Å². The monoisotopic (exact) mass is 245 g/mol. The summed E-state index contributed by atoms with van der Waals surface area (Å²) in [5, 5.41) is 1.10. The molecule has 0 heterocycles. The SMILES string of the molecule is CC(C)=CCN(CCBr)C1CCC1. The predicted molar refractivity (Wildman–Crippen MR) is 62.4 cm³/mol. The van der Waals surface area contributed by atoms with Crippen LogP contribution in [-0.4, -0.2) is 29.4 Å². The third kappa shape index (κ3) is 3.82. The minimum Gasteiger partial charge on any atom is -0.296 e. The van der Waals surface area contributed by atoms with E-state index in [1.807, 2.05) is 0 Å². The van der Waals surface area contributed by atoms with Crippen molar-refractivity contribution in [1.82, 2.24) is 4.90 Å². The first kappa shape index (κ1) is 11.3. The van der Waals surface area contributed by atoms with E-state index in [2.05, 4.69) is 40.8 Å². The summed E-state index contributed by atoms with van der Waals surface area (Å²) >= 11 is 3.52. The summed E-state index contributed by atoms with van der Waals surface area (Å²) < 4.78 is 0. The summed E-state index contributed by atoms with van der Waals surface area (Å²) in [6.07, 6.45) is 6.58. The van der Waals surface area contributed by atoms with Crippen LogP contribution in [0.4, 0.5) is 0 Å². The topological polar surface area (TPSA) is 3.24 Å². The molecule has 0 aromatic heterocycles. The minimum atomic E-state index is 0.869. The third-order valence-electron chi connectivity index (χ3n) is 2.70. The first-order valence-corrected chi connectivity index (χ1v) is 6.29. The van der Waals surface area contributed by atoms with Crippen LogP contribution in [-0.2, 0) is 0 Å². The predicted octanol–water partition coefficient (Wildman–Crippen LogP) is 3.20. The van der Waals surface area contributed by atoms with E-state index in [1.165, 1.54) is 31.4 Å². The molecule has 0 aromatic carbocycles. The van der Waals surface area contributed by atoms with Crippen molar-refractivity contribution >= 4 is 15.9 Å². The summed E-state index contributed by atoms with van der Waals surface area (Å²) in [6.45, 7) is 6.67. The highest BCUT2D eigenvalue weighted by Gasteiger charge is 2.23. The van der Waals surface area contributed by atoms with Crippen molar-refractivity contribution < 1.29 is 0 Å². The molecule has 13 heavy (non-hydrogen) atoms. The Morgan fingerprint density at radius 1 is 1.46 bits per heavy atom. The van der Waals surface area contributed by atoms with Gasteiger partial charge in [-0.05, 0) is 26.7 Å². The van der Waals surface area contributed by atoms with Gasteiger partial charge in [-0.15, -0.1) is 0 Å². The van der Waals surface area contributed by atoms with Gasteiger partial charge in [0.1, 0.15) is 0 Å². The third-order valence-corrected chi connectivity index (χ3v) is 3.05. The fraction of sp³-hybridized carbons (Fsp3) is 0.818. The fourth-order valence-corrected chi connectivity index (χ4v) is 2.04.